The van der Waals surface area contributed by atoms with Gasteiger partial charge in [-0.1, -0.05) is 30.3 Å². The van der Waals surface area contributed by atoms with Gasteiger partial charge in [-0.3, -0.25) is 15.2 Å². The Kier molecular flexibility index (Phi) is 4.21. The summed E-state index contributed by atoms with van der Waals surface area (Å²) in [5, 5.41) is 16.7. The van der Waals surface area contributed by atoms with Crippen LogP contribution in [-0.4, -0.2) is 32.0 Å². The third-order valence-electron chi connectivity index (χ3n) is 3.66. The molecule has 1 unspecified atom stereocenters. The van der Waals surface area contributed by atoms with Crippen LogP contribution in [0.25, 0.3) is 10.9 Å². The molecule has 0 aliphatic carbocycles. The number of carbonyl (C=O) groups is 2. The van der Waals surface area contributed by atoms with Crippen molar-refractivity contribution in [2.75, 3.05) is 5.32 Å². The van der Waals surface area contributed by atoms with Gasteiger partial charge in [-0.2, -0.15) is 4.68 Å². The standard InChI is InChI=1S/C16H15N5O4/c1-9(10-5-3-2-4-6-10)18-15(23)19-13-7-12-11(8-17-13)14(22)20-21(12)16(24)25/h2-9H,1H3,(H,20,22)(H,24,25)(H2,17,18,19,23). The number of amides is 2. The fourth-order valence-corrected chi connectivity index (χ4v) is 2.42. The predicted molar refractivity (Wildman–Crippen MR) is 90.8 cm³/mol. The van der Waals surface area contributed by atoms with Gasteiger partial charge in [0.1, 0.15) is 5.82 Å². The number of benzene rings is 1. The Bertz CT molecular complexity index is 993. The van der Waals surface area contributed by atoms with E-state index in [-0.39, 0.29) is 22.8 Å². The summed E-state index contributed by atoms with van der Waals surface area (Å²) in [5.41, 5.74) is 0.476. The van der Waals surface area contributed by atoms with Gasteiger partial charge < -0.3 is 10.4 Å². The highest BCUT2D eigenvalue weighted by molar-refractivity contribution is 5.92. The number of hydrogen-bond acceptors (Lipinski definition) is 4. The van der Waals surface area contributed by atoms with Crippen molar-refractivity contribution in [3.8, 4) is 0 Å². The van der Waals surface area contributed by atoms with Gasteiger partial charge in [0.25, 0.3) is 5.56 Å². The van der Waals surface area contributed by atoms with Gasteiger partial charge in [0.05, 0.1) is 16.9 Å². The Labute approximate surface area is 141 Å². The van der Waals surface area contributed by atoms with Gasteiger partial charge >= 0.3 is 12.1 Å². The van der Waals surface area contributed by atoms with Gasteiger partial charge in [-0.05, 0) is 12.5 Å². The first-order valence-corrected chi connectivity index (χ1v) is 7.42. The smallest absolute Gasteiger partial charge is 0.431 e. The zero-order valence-corrected chi connectivity index (χ0v) is 13.2. The molecule has 0 aliphatic rings. The summed E-state index contributed by atoms with van der Waals surface area (Å²) < 4.78 is 0.676. The normalized spacial score (nSPS) is 11.9. The summed E-state index contributed by atoms with van der Waals surface area (Å²) >= 11 is 0. The van der Waals surface area contributed by atoms with Gasteiger partial charge in [0.2, 0.25) is 0 Å². The summed E-state index contributed by atoms with van der Waals surface area (Å²) in [6, 6.07) is 10.00. The van der Waals surface area contributed by atoms with Crippen LogP contribution in [0.15, 0.2) is 47.4 Å². The van der Waals surface area contributed by atoms with Gasteiger partial charge in [-0.15, -0.1) is 0 Å². The van der Waals surface area contributed by atoms with Crippen molar-refractivity contribution in [1.82, 2.24) is 20.1 Å². The molecule has 0 spiro atoms. The molecule has 25 heavy (non-hydrogen) atoms. The fourth-order valence-electron chi connectivity index (χ4n) is 2.42. The second kappa shape index (κ2) is 6.48. The second-order valence-electron chi connectivity index (χ2n) is 5.38. The number of urea groups is 1. The average Bonchev–Trinajstić information content (AvgIpc) is 2.92. The minimum absolute atomic E-state index is 0.110. The number of aromatic nitrogens is 3. The lowest BCUT2D eigenvalue weighted by Gasteiger charge is -2.14. The van der Waals surface area contributed by atoms with Crippen molar-refractivity contribution >= 4 is 28.8 Å². The molecule has 2 heterocycles. The van der Waals surface area contributed by atoms with Crippen molar-refractivity contribution in [3.05, 3.63) is 58.5 Å². The van der Waals surface area contributed by atoms with E-state index in [0.29, 0.717) is 4.68 Å². The summed E-state index contributed by atoms with van der Waals surface area (Å²) in [6.45, 7) is 1.83. The van der Waals surface area contributed by atoms with Crippen LogP contribution in [0.2, 0.25) is 0 Å². The van der Waals surface area contributed by atoms with Gasteiger partial charge in [0, 0.05) is 12.3 Å². The molecular formula is C16H15N5O4. The molecule has 0 fully saturated rings. The maximum absolute atomic E-state index is 12.1. The lowest BCUT2D eigenvalue weighted by atomic mass is 10.1. The predicted octanol–water partition coefficient (Wildman–Crippen LogP) is 2.13. The Morgan fingerprint density at radius 2 is 2.00 bits per heavy atom. The molecule has 0 aliphatic heterocycles. The maximum Gasteiger partial charge on any atom is 0.431 e. The molecule has 0 saturated heterocycles. The van der Waals surface area contributed by atoms with Crippen LogP contribution in [0.3, 0.4) is 0 Å². The number of anilines is 1. The Morgan fingerprint density at radius 1 is 1.28 bits per heavy atom. The summed E-state index contributed by atoms with van der Waals surface area (Å²) in [7, 11) is 0. The first-order chi connectivity index (χ1) is 12.0. The largest absolute Gasteiger partial charge is 0.463 e. The highest BCUT2D eigenvalue weighted by atomic mass is 16.4. The number of carboxylic acid groups (broad SMARTS) is 1. The number of nitrogens with zero attached hydrogens (tertiary/aromatic N) is 2. The van der Waals surface area contributed by atoms with Crippen molar-refractivity contribution < 1.29 is 14.7 Å². The number of fused-ring (bicyclic) bond motifs is 1. The molecular weight excluding hydrogens is 326 g/mol. The molecule has 3 rings (SSSR count). The van der Waals surface area contributed by atoms with E-state index in [2.05, 4.69) is 20.7 Å². The summed E-state index contributed by atoms with van der Waals surface area (Å²) in [6.07, 6.45) is -0.129. The summed E-state index contributed by atoms with van der Waals surface area (Å²) in [5.74, 6) is 0.124. The van der Waals surface area contributed by atoms with E-state index >= 15 is 0 Å². The monoisotopic (exact) mass is 341 g/mol. The molecule has 3 aromatic rings. The van der Waals surface area contributed by atoms with Crippen LogP contribution in [0.4, 0.5) is 15.4 Å². The fraction of sp³-hybridized carbons (Fsp3) is 0.125. The minimum atomic E-state index is -1.34. The molecule has 2 aromatic heterocycles. The number of carbonyl (C=O) groups excluding carboxylic acids is 1. The molecule has 9 heteroatoms. The Balaban J connectivity index is 1.78. The molecule has 1 aromatic carbocycles. The number of rotatable bonds is 3. The van der Waals surface area contributed by atoms with E-state index in [4.69, 9.17) is 5.11 Å². The van der Waals surface area contributed by atoms with Gasteiger partial charge in [0.15, 0.2) is 0 Å². The highest BCUT2D eigenvalue weighted by Crippen LogP contribution is 2.15. The SMILES string of the molecule is CC(NC(=O)Nc1cc2c(cn1)c(=O)[nH]n2C(=O)O)c1ccccc1. The molecule has 4 N–H and O–H groups in total. The van der Waals surface area contributed by atoms with E-state index < -0.39 is 17.7 Å². The first kappa shape index (κ1) is 16.2. The summed E-state index contributed by atoms with van der Waals surface area (Å²) in [4.78, 5) is 38.9. The minimum Gasteiger partial charge on any atom is -0.463 e. The van der Waals surface area contributed by atoms with Crippen molar-refractivity contribution in [2.45, 2.75) is 13.0 Å². The van der Waals surface area contributed by atoms with E-state index in [0.717, 1.165) is 5.56 Å². The van der Waals surface area contributed by atoms with Crippen LogP contribution >= 0.6 is 0 Å². The van der Waals surface area contributed by atoms with E-state index in [9.17, 15) is 14.4 Å². The van der Waals surface area contributed by atoms with E-state index in [1.165, 1.54) is 12.3 Å². The van der Waals surface area contributed by atoms with Crippen LogP contribution in [0, 0.1) is 0 Å². The molecule has 0 radical (unpaired) electrons. The Hall–Kier alpha value is -3.62. The molecule has 128 valence electrons. The number of aromatic amines is 1. The highest BCUT2D eigenvalue weighted by Gasteiger charge is 2.14. The molecule has 1 atom stereocenters. The number of hydrogen-bond donors (Lipinski definition) is 4. The number of pyridine rings is 1. The van der Waals surface area contributed by atoms with Crippen molar-refractivity contribution in [3.63, 3.8) is 0 Å². The second-order valence-corrected chi connectivity index (χ2v) is 5.38. The molecule has 0 bridgehead atoms. The average molecular weight is 341 g/mol. The van der Waals surface area contributed by atoms with Crippen LogP contribution in [0.1, 0.15) is 18.5 Å². The molecule has 2 amide bonds. The number of nitrogens with one attached hydrogen (secondary N) is 3. The lowest BCUT2D eigenvalue weighted by Crippen LogP contribution is -2.31. The van der Waals surface area contributed by atoms with E-state index in [1.807, 2.05) is 37.3 Å². The topological polar surface area (TPSA) is 129 Å². The van der Waals surface area contributed by atoms with Crippen LogP contribution in [0.5, 0.6) is 0 Å². The van der Waals surface area contributed by atoms with Crippen molar-refractivity contribution in [2.24, 2.45) is 0 Å². The lowest BCUT2D eigenvalue weighted by molar-refractivity contribution is 0.194. The zero-order chi connectivity index (χ0) is 18.0. The van der Waals surface area contributed by atoms with Crippen molar-refractivity contribution in [1.29, 1.82) is 0 Å². The zero-order valence-electron chi connectivity index (χ0n) is 13.2. The maximum atomic E-state index is 12.1. The van der Waals surface area contributed by atoms with Crippen LogP contribution in [-0.2, 0) is 0 Å². The Morgan fingerprint density at radius 3 is 2.68 bits per heavy atom. The first-order valence-electron chi connectivity index (χ1n) is 7.42. The molecule has 9 nitrogen and oxygen atoms in total. The third-order valence-corrected chi connectivity index (χ3v) is 3.66. The quantitative estimate of drug-likeness (QED) is 0.580. The van der Waals surface area contributed by atoms with E-state index in [1.54, 1.807) is 0 Å². The molecule has 0 saturated carbocycles. The third kappa shape index (κ3) is 3.34. The van der Waals surface area contributed by atoms with Gasteiger partial charge in [-0.25, -0.2) is 14.6 Å². The van der Waals surface area contributed by atoms with Crippen LogP contribution < -0.4 is 16.2 Å². The number of H-pyrrole nitrogens is 1.